The smallest absolute Gasteiger partial charge is 0.270 e. The number of hydrogen-bond acceptors (Lipinski definition) is 7. The normalized spacial score (nSPS) is 14.0. The van der Waals surface area contributed by atoms with E-state index in [2.05, 4.69) is 5.32 Å². The van der Waals surface area contributed by atoms with E-state index in [9.17, 15) is 34.5 Å². The molecule has 4 N–H and O–H groups in total. The fourth-order valence-corrected chi connectivity index (χ4v) is 4.00. The third-order valence-corrected chi connectivity index (χ3v) is 5.85. The van der Waals surface area contributed by atoms with Crippen molar-refractivity contribution in [3.63, 3.8) is 0 Å². The Morgan fingerprint density at radius 1 is 1.06 bits per heavy atom. The molecule has 2 amide bonds. The number of nitrogens with zero attached hydrogens (tertiary/aromatic N) is 1. The van der Waals surface area contributed by atoms with Gasteiger partial charge in [0, 0.05) is 11.1 Å². The molecule has 0 aliphatic heterocycles. The predicted molar refractivity (Wildman–Crippen MR) is 116 cm³/mol. The van der Waals surface area contributed by atoms with E-state index in [1.165, 1.54) is 0 Å². The molecule has 0 saturated heterocycles. The number of carboxylic acid groups (broad SMARTS) is 1. The van der Waals surface area contributed by atoms with Crippen molar-refractivity contribution in [2.45, 2.75) is 44.7 Å². The van der Waals surface area contributed by atoms with Crippen LogP contribution in [0.2, 0.25) is 5.02 Å². The third-order valence-electron chi connectivity index (χ3n) is 5.49. The Balaban J connectivity index is 2.10. The highest BCUT2D eigenvalue weighted by molar-refractivity contribution is 6.31. The Kier molecular flexibility index (Phi) is 7.59. The quantitative estimate of drug-likeness (QED) is 0.452. The van der Waals surface area contributed by atoms with Crippen molar-refractivity contribution >= 4 is 29.4 Å². The molecule has 2 aromatic rings. The standard InChI is InChI=1S/C22H24ClN3O7/c23-14-9-5-4-6-12(14)11-26-21(32)16(19(30)24-10-15(27)28)18(29)17(22(26)33)20(31)25-13-7-2-1-3-8-13/h4-6,9,13,29,32H,1-3,7-8,10-11H2,(H,24,30)(H,25,31)(H,27,28)/p-1. The maximum Gasteiger partial charge on any atom is 0.270 e. The predicted octanol–water partition coefficient (Wildman–Crippen LogP) is 0.503. The number of aliphatic carboxylic acids is 1. The first-order valence-electron chi connectivity index (χ1n) is 10.4. The van der Waals surface area contributed by atoms with Crippen molar-refractivity contribution in [1.29, 1.82) is 0 Å². The van der Waals surface area contributed by atoms with Gasteiger partial charge in [0.25, 0.3) is 17.4 Å². The number of carboxylic acids is 1. The zero-order chi connectivity index (χ0) is 24.1. The van der Waals surface area contributed by atoms with Crippen LogP contribution in [-0.2, 0) is 11.3 Å². The molecule has 0 bridgehead atoms. The van der Waals surface area contributed by atoms with Crippen LogP contribution in [0.3, 0.4) is 0 Å². The second-order valence-electron chi connectivity index (χ2n) is 7.77. The molecule has 1 aromatic carbocycles. The minimum atomic E-state index is -1.61. The van der Waals surface area contributed by atoms with E-state index in [1.807, 2.05) is 5.32 Å². The van der Waals surface area contributed by atoms with Gasteiger partial charge in [0.15, 0.2) is 5.75 Å². The maximum absolute atomic E-state index is 13.2. The number of pyridine rings is 1. The van der Waals surface area contributed by atoms with Gasteiger partial charge in [-0.2, -0.15) is 0 Å². The molecule has 10 nitrogen and oxygen atoms in total. The van der Waals surface area contributed by atoms with Crippen molar-refractivity contribution in [1.82, 2.24) is 15.2 Å². The van der Waals surface area contributed by atoms with Crippen LogP contribution in [0.25, 0.3) is 0 Å². The molecule has 0 spiro atoms. The number of benzene rings is 1. The zero-order valence-corrected chi connectivity index (χ0v) is 18.4. The number of halogens is 1. The number of rotatable bonds is 7. The van der Waals surface area contributed by atoms with Crippen LogP contribution in [0, 0.1) is 0 Å². The van der Waals surface area contributed by atoms with Crippen LogP contribution in [-0.4, -0.2) is 45.2 Å². The molecule has 0 atom stereocenters. The lowest BCUT2D eigenvalue weighted by Gasteiger charge is -2.23. The van der Waals surface area contributed by atoms with Gasteiger partial charge >= 0.3 is 0 Å². The molecule has 1 aliphatic rings. The molecular weight excluding hydrogens is 454 g/mol. The van der Waals surface area contributed by atoms with Gasteiger partial charge in [0.05, 0.1) is 19.1 Å². The van der Waals surface area contributed by atoms with Crippen LogP contribution < -0.4 is 21.3 Å². The molecule has 3 rings (SSSR count). The average molecular weight is 477 g/mol. The second kappa shape index (κ2) is 10.4. The summed E-state index contributed by atoms with van der Waals surface area (Å²) in [6, 6.07) is 6.25. The van der Waals surface area contributed by atoms with Gasteiger partial charge in [-0.05, 0) is 24.5 Å². The largest absolute Gasteiger partial charge is 0.548 e. The molecule has 1 aromatic heterocycles. The van der Waals surface area contributed by atoms with Crippen LogP contribution >= 0.6 is 11.6 Å². The van der Waals surface area contributed by atoms with Crippen molar-refractivity contribution in [2.75, 3.05) is 6.54 Å². The number of carbonyl (C=O) groups excluding carboxylic acids is 3. The first kappa shape index (κ1) is 24.1. The molecule has 0 unspecified atom stereocenters. The first-order valence-corrected chi connectivity index (χ1v) is 10.8. The van der Waals surface area contributed by atoms with Crippen LogP contribution in [0.15, 0.2) is 29.1 Å². The van der Waals surface area contributed by atoms with Crippen LogP contribution in [0.5, 0.6) is 11.6 Å². The van der Waals surface area contributed by atoms with Gasteiger partial charge in [-0.25, -0.2) is 0 Å². The molecule has 0 radical (unpaired) electrons. The summed E-state index contributed by atoms with van der Waals surface area (Å²) in [6.07, 6.45) is 4.25. The summed E-state index contributed by atoms with van der Waals surface area (Å²) >= 11 is 6.15. The molecule has 1 heterocycles. The molecule has 176 valence electrons. The molecule has 1 saturated carbocycles. The fourth-order valence-electron chi connectivity index (χ4n) is 3.80. The van der Waals surface area contributed by atoms with Crippen LogP contribution in [0.4, 0.5) is 0 Å². The van der Waals surface area contributed by atoms with E-state index in [0.717, 1.165) is 23.8 Å². The monoisotopic (exact) mass is 476 g/mol. The molecule has 1 aliphatic carbocycles. The Hall–Kier alpha value is -3.53. The summed E-state index contributed by atoms with van der Waals surface area (Å²) < 4.78 is 0.727. The van der Waals surface area contributed by atoms with Gasteiger partial charge in [0.2, 0.25) is 5.88 Å². The van der Waals surface area contributed by atoms with E-state index >= 15 is 0 Å². The first-order chi connectivity index (χ1) is 15.7. The maximum atomic E-state index is 13.2. The lowest BCUT2D eigenvalue weighted by molar-refractivity contribution is -0.303. The van der Waals surface area contributed by atoms with Gasteiger partial charge in [0.1, 0.15) is 11.1 Å². The van der Waals surface area contributed by atoms with E-state index in [4.69, 9.17) is 11.6 Å². The van der Waals surface area contributed by atoms with Crippen LogP contribution in [0.1, 0.15) is 58.4 Å². The van der Waals surface area contributed by atoms with E-state index in [-0.39, 0.29) is 17.6 Å². The number of aromatic hydroxyl groups is 2. The Morgan fingerprint density at radius 3 is 2.36 bits per heavy atom. The highest BCUT2D eigenvalue weighted by atomic mass is 35.5. The number of carbonyl (C=O) groups is 3. The summed E-state index contributed by atoms with van der Waals surface area (Å²) in [4.78, 5) is 49.4. The zero-order valence-electron chi connectivity index (χ0n) is 17.6. The van der Waals surface area contributed by atoms with Crippen molar-refractivity contribution < 1.29 is 29.7 Å². The summed E-state index contributed by atoms with van der Waals surface area (Å²) in [5.74, 6) is -5.69. The lowest BCUT2D eigenvalue weighted by Crippen LogP contribution is -2.41. The summed E-state index contributed by atoms with van der Waals surface area (Å²) in [5.41, 5.74) is -2.17. The number of aromatic nitrogens is 1. The SMILES string of the molecule is O=C([O-])CNC(=O)c1c(O)c(C(=O)NC2CCCCC2)c(=O)n(Cc2ccccc2Cl)c1O. The average Bonchev–Trinajstić information content (AvgIpc) is 2.77. The number of amides is 2. The lowest BCUT2D eigenvalue weighted by atomic mass is 9.95. The summed E-state index contributed by atoms with van der Waals surface area (Å²) in [5, 5.41) is 37.0. The van der Waals surface area contributed by atoms with E-state index in [0.29, 0.717) is 18.4 Å². The Labute approximate surface area is 193 Å². The van der Waals surface area contributed by atoms with Gasteiger partial charge in [-0.15, -0.1) is 0 Å². The molecular formula is C22H23ClN3O7-. The van der Waals surface area contributed by atoms with Crippen molar-refractivity contribution in [2.24, 2.45) is 0 Å². The summed E-state index contributed by atoms with van der Waals surface area (Å²) in [6.45, 7) is -1.22. The summed E-state index contributed by atoms with van der Waals surface area (Å²) in [7, 11) is 0. The third kappa shape index (κ3) is 5.46. The number of nitrogens with one attached hydrogen (secondary N) is 2. The van der Waals surface area contributed by atoms with Crippen molar-refractivity contribution in [3.8, 4) is 11.6 Å². The van der Waals surface area contributed by atoms with E-state index in [1.54, 1.807) is 24.3 Å². The molecule has 11 heteroatoms. The minimum Gasteiger partial charge on any atom is -0.548 e. The topological polar surface area (TPSA) is 161 Å². The van der Waals surface area contributed by atoms with Gasteiger partial charge in [-0.3, -0.25) is 19.0 Å². The minimum absolute atomic E-state index is 0.203. The molecule has 1 fully saturated rings. The molecule has 33 heavy (non-hydrogen) atoms. The fraction of sp³-hybridized carbons (Fsp3) is 0.364. The van der Waals surface area contributed by atoms with Gasteiger partial charge in [-0.1, -0.05) is 49.1 Å². The Bertz CT molecular complexity index is 1140. The Morgan fingerprint density at radius 2 is 1.73 bits per heavy atom. The van der Waals surface area contributed by atoms with E-state index < -0.39 is 52.6 Å². The van der Waals surface area contributed by atoms with Crippen molar-refractivity contribution in [3.05, 3.63) is 56.3 Å². The van der Waals surface area contributed by atoms with Gasteiger partial charge < -0.3 is 30.7 Å². The second-order valence-corrected chi connectivity index (χ2v) is 8.18. The number of hydrogen-bond donors (Lipinski definition) is 4. The highest BCUT2D eigenvalue weighted by Gasteiger charge is 2.31. The highest BCUT2D eigenvalue weighted by Crippen LogP contribution is 2.30.